The van der Waals surface area contributed by atoms with E-state index < -0.39 is 11.0 Å². The number of nitrogens with zero attached hydrogens (tertiary/aromatic N) is 3. The summed E-state index contributed by atoms with van der Waals surface area (Å²) in [4.78, 5) is 30.5. The quantitative estimate of drug-likeness (QED) is 0.320. The first-order valence-electron chi connectivity index (χ1n) is 11.4. The first-order valence-corrected chi connectivity index (χ1v) is 12.3. The third-order valence-corrected chi connectivity index (χ3v) is 7.63. The van der Waals surface area contributed by atoms with Crippen LogP contribution in [0.3, 0.4) is 0 Å². The molecular weight excluding hydrogens is 458 g/mol. The normalized spacial score (nSPS) is 16.8. The minimum Gasteiger partial charge on any atom is -0.272 e. The van der Waals surface area contributed by atoms with Crippen LogP contribution in [0.15, 0.2) is 88.2 Å². The standard InChI is InChI=1S/C28H21N3O3S/c1-17-9-11-18(12-10-17)15-24-27(32)30-26(20-6-4-7-21(16-20)31(33)34)23-14-13-19-5-2-3-8-22(19)25(23)29-28(30)35-24/h2-12,15-16,26H,13-14H2,1H3/b24-15+. The molecule has 0 bridgehead atoms. The van der Waals surface area contributed by atoms with Crippen molar-refractivity contribution in [2.24, 2.45) is 4.99 Å². The Bertz CT molecular complexity index is 1710. The van der Waals surface area contributed by atoms with Gasteiger partial charge in [-0.25, -0.2) is 4.99 Å². The predicted octanol–water partition coefficient (Wildman–Crippen LogP) is 4.54. The molecule has 2 heterocycles. The molecule has 35 heavy (non-hydrogen) atoms. The molecule has 0 saturated carbocycles. The minimum atomic E-state index is -0.435. The SMILES string of the molecule is Cc1ccc(/C=c2/sc3n(c2=O)C(c2cccc([N+](=O)[O-])c2)C2=C(N=3)c3ccccc3CC2)cc1. The van der Waals surface area contributed by atoms with Gasteiger partial charge in [-0.05, 0) is 48.1 Å². The molecule has 0 fully saturated rings. The lowest BCUT2D eigenvalue weighted by Gasteiger charge is -2.30. The number of benzene rings is 3. The Morgan fingerprint density at radius 3 is 2.66 bits per heavy atom. The van der Waals surface area contributed by atoms with E-state index in [0.717, 1.165) is 46.4 Å². The number of nitro benzene ring substituents is 1. The second-order valence-electron chi connectivity index (χ2n) is 8.88. The number of rotatable bonds is 3. The number of non-ortho nitro benzene ring substituents is 1. The van der Waals surface area contributed by atoms with Crippen LogP contribution in [-0.2, 0) is 6.42 Å². The van der Waals surface area contributed by atoms with Crippen molar-refractivity contribution < 1.29 is 4.92 Å². The van der Waals surface area contributed by atoms with Crippen molar-refractivity contribution in [2.45, 2.75) is 25.8 Å². The number of thiazole rings is 1. The lowest BCUT2D eigenvalue weighted by atomic mass is 9.83. The fourth-order valence-corrected chi connectivity index (χ4v) is 5.95. The number of fused-ring (bicyclic) bond motifs is 3. The van der Waals surface area contributed by atoms with Crippen LogP contribution in [0.5, 0.6) is 0 Å². The van der Waals surface area contributed by atoms with Gasteiger partial charge in [0.25, 0.3) is 11.2 Å². The molecule has 0 amide bonds. The van der Waals surface area contributed by atoms with Crippen molar-refractivity contribution in [3.8, 4) is 0 Å². The molecule has 1 unspecified atom stereocenters. The van der Waals surface area contributed by atoms with E-state index in [1.807, 2.05) is 55.5 Å². The van der Waals surface area contributed by atoms with Gasteiger partial charge in [-0.15, -0.1) is 0 Å². The van der Waals surface area contributed by atoms with Gasteiger partial charge in [0.05, 0.1) is 21.2 Å². The van der Waals surface area contributed by atoms with Gasteiger partial charge < -0.3 is 0 Å². The molecule has 2 aliphatic rings. The molecule has 4 aromatic rings. The maximum atomic E-state index is 13.7. The highest BCUT2D eigenvalue weighted by Gasteiger charge is 2.33. The second kappa shape index (κ2) is 8.29. The lowest BCUT2D eigenvalue weighted by molar-refractivity contribution is -0.384. The Hall–Kier alpha value is -4.10. The number of hydrogen-bond donors (Lipinski definition) is 0. The molecule has 1 aliphatic heterocycles. The summed E-state index contributed by atoms with van der Waals surface area (Å²) in [6, 6.07) is 22.4. The van der Waals surface area contributed by atoms with E-state index in [1.165, 1.54) is 23.0 Å². The largest absolute Gasteiger partial charge is 0.272 e. The molecular formula is C28H21N3O3S. The Balaban J connectivity index is 1.63. The molecule has 1 aliphatic carbocycles. The monoisotopic (exact) mass is 479 g/mol. The van der Waals surface area contributed by atoms with E-state index in [1.54, 1.807) is 16.7 Å². The summed E-state index contributed by atoms with van der Waals surface area (Å²) >= 11 is 1.36. The summed E-state index contributed by atoms with van der Waals surface area (Å²) in [7, 11) is 0. The number of hydrogen-bond acceptors (Lipinski definition) is 5. The van der Waals surface area contributed by atoms with E-state index in [2.05, 4.69) is 12.1 Å². The van der Waals surface area contributed by atoms with Crippen LogP contribution < -0.4 is 14.9 Å². The van der Waals surface area contributed by atoms with Crippen LogP contribution >= 0.6 is 11.3 Å². The summed E-state index contributed by atoms with van der Waals surface area (Å²) in [5, 5.41) is 11.5. The zero-order valence-corrected chi connectivity index (χ0v) is 19.8. The molecule has 1 atom stereocenters. The zero-order valence-electron chi connectivity index (χ0n) is 19.0. The summed E-state index contributed by atoms with van der Waals surface area (Å²) in [6.45, 7) is 2.03. The van der Waals surface area contributed by atoms with Gasteiger partial charge in [-0.3, -0.25) is 19.5 Å². The molecule has 6 rings (SSSR count). The van der Waals surface area contributed by atoms with Crippen LogP contribution in [-0.4, -0.2) is 9.49 Å². The van der Waals surface area contributed by atoms with Crippen molar-refractivity contribution >= 4 is 28.8 Å². The first kappa shape index (κ1) is 21.4. The summed E-state index contributed by atoms with van der Waals surface area (Å²) in [5.74, 6) is 0. The fourth-order valence-electron chi connectivity index (χ4n) is 4.94. The van der Waals surface area contributed by atoms with Gasteiger partial charge >= 0.3 is 0 Å². The molecule has 6 nitrogen and oxygen atoms in total. The molecule has 0 saturated heterocycles. The van der Waals surface area contributed by atoms with Gasteiger partial charge in [-0.1, -0.05) is 77.6 Å². The third-order valence-electron chi connectivity index (χ3n) is 6.64. The van der Waals surface area contributed by atoms with Crippen molar-refractivity contribution in [3.63, 3.8) is 0 Å². The smallest absolute Gasteiger partial charge is 0.271 e. The first-order chi connectivity index (χ1) is 17.0. The van der Waals surface area contributed by atoms with E-state index in [-0.39, 0.29) is 11.2 Å². The number of allylic oxidation sites excluding steroid dienone is 1. The molecule has 3 aromatic carbocycles. The van der Waals surface area contributed by atoms with Crippen molar-refractivity contribution in [1.82, 2.24) is 4.57 Å². The Morgan fingerprint density at radius 2 is 1.86 bits per heavy atom. The lowest BCUT2D eigenvalue weighted by Crippen LogP contribution is -2.38. The molecule has 0 spiro atoms. The summed E-state index contributed by atoms with van der Waals surface area (Å²) in [5.41, 5.74) is 6.92. The number of nitro groups is 1. The number of aryl methyl sites for hydroxylation is 2. The topological polar surface area (TPSA) is 77.5 Å². The molecule has 0 radical (unpaired) electrons. The van der Waals surface area contributed by atoms with Crippen molar-refractivity contribution in [2.75, 3.05) is 0 Å². The second-order valence-corrected chi connectivity index (χ2v) is 9.89. The average molecular weight is 480 g/mol. The van der Waals surface area contributed by atoms with Gasteiger partial charge in [0.2, 0.25) is 0 Å². The Labute approximate surface area is 205 Å². The van der Waals surface area contributed by atoms with Gasteiger partial charge in [0.1, 0.15) is 0 Å². The highest BCUT2D eigenvalue weighted by molar-refractivity contribution is 7.07. The maximum absolute atomic E-state index is 13.7. The van der Waals surface area contributed by atoms with Crippen LogP contribution in [0.25, 0.3) is 11.8 Å². The summed E-state index contributed by atoms with van der Waals surface area (Å²) < 4.78 is 2.31. The van der Waals surface area contributed by atoms with Gasteiger partial charge in [0, 0.05) is 17.7 Å². The van der Waals surface area contributed by atoms with Crippen molar-refractivity contribution in [3.05, 3.63) is 136 Å². The van der Waals surface area contributed by atoms with E-state index in [0.29, 0.717) is 9.33 Å². The number of aromatic nitrogens is 1. The Morgan fingerprint density at radius 1 is 1.06 bits per heavy atom. The maximum Gasteiger partial charge on any atom is 0.271 e. The van der Waals surface area contributed by atoms with Crippen LogP contribution in [0.1, 0.15) is 40.3 Å². The molecule has 172 valence electrons. The highest BCUT2D eigenvalue weighted by atomic mass is 32.1. The van der Waals surface area contributed by atoms with E-state index in [4.69, 9.17) is 4.99 Å². The van der Waals surface area contributed by atoms with Crippen molar-refractivity contribution in [1.29, 1.82) is 0 Å². The predicted molar refractivity (Wildman–Crippen MR) is 137 cm³/mol. The van der Waals surface area contributed by atoms with E-state index in [9.17, 15) is 14.9 Å². The van der Waals surface area contributed by atoms with Crippen LogP contribution in [0.4, 0.5) is 5.69 Å². The molecule has 1 aromatic heterocycles. The van der Waals surface area contributed by atoms with E-state index >= 15 is 0 Å². The van der Waals surface area contributed by atoms with Crippen LogP contribution in [0, 0.1) is 17.0 Å². The fraction of sp³-hybridized carbons (Fsp3) is 0.143. The minimum absolute atomic E-state index is 0.0136. The van der Waals surface area contributed by atoms with Crippen LogP contribution in [0.2, 0.25) is 0 Å². The average Bonchev–Trinajstić information content (AvgIpc) is 3.18. The van der Waals surface area contributed by atoms with Gasteiger partial charge in [0.15, 0.2) is 4.80 Å². The Kier molecular flexibility index (Phi) is 5.07. The summed E-state index contributed by atoms with van der Waals surface area (Å²) in [6.07, 6.45) is 3.47. The molecule has 7 heteroatoms. The van der Waals surface area contributed by atoms with Gasteiger partial charge in [-0.2, -0.15) is 0 Å². The third kappa shape index (κ3) is 3.65. The molecule has 0 N–H and O–H groups in total. The zero-order chi connectivity index (χ0) is 24.1. The highest BCUT2D eigenvalue weighted by Crippen LogP contribution is 2.41.